The van der Waals surface area contributed by atoms with Crippen LogP contribution >= 0.6 is 0 Å². The van der Waals surface area contributed by atoms with Crippen molar-refractivity contribution in [2.24, 2.45) is 0 Å². The lowest BCUT2D eigenvalue weighted by Crippen LogP contribution is -2.47. The van der Waals surface area contributed by atoms with Crippen LogP contribution in [0.1, 0.15) is 51.2 Å². The minimum absolute atomic E-state index is 0.0759. The molecule has 3 aliphatic heterocycles. The van der Waals surface area contributed by atoms with Crippen LogP contribution in [-0.4, -0.2) is 97.4 Å². The van der Waals surface area contributed by atoms with E-state index in [1.165, 1.54) is 18.2 Å². The Morgan fingerprint density at radius 3 is 2.33 bits per heavy atom. The van der Waals surface area contributed by atoms with Crippen molar-refractivity contribution in [3.63, 3.8) is 0 Å². The van der Waals surface area contributed by atoms with E-state index >= 15 is 0 Å². The summed E-state index contributed by atoms with van der Waals surface area (Å²) >= 11 is 0. The molecule has 3 amide bonds. The van der Waals surface area contributed by atoms with E-state index in [1.54, 1.807) is 4.90 Å². The number of fused-ring (bicyclic) bond motifs is 1. The number of anilines is 1. The van der Waals surface area contributed by atoms with Gasteiger partial charge in [0.2, 0.25) is 0 Å². The second-order valence-corrected chi connectivity index (χ2v) is 10.9. The molecule has 4 rings (SSSR count). The molecule has 2 fully saturated rings. The van der Waals surface area contributed by atoms with Crippen molar-refractivity contribution in [3.05, 3.63) is 29.3 Å². The van der Waals surface area contributed by atoms with Gasteiger partial charge >= 0.3 is 18.1 Å². The second kappa shape index (κ2) is 11.1. The number of piperidine rings is 1. The molecule has 3 aliphatic rings. The predicted octanol–water partition coefficient (Wildman–Crippen LogP) is 3.29. The average Bonchev–Trinajstić information content (AvgIpc) is 3.09. The first-order chi connectivity index (χ1) is 17.1. The van der Waals surface area contributed by atoms with Crippen LogP contribution in [0.4, 0.5) is 15.3 Å². The standard InChI is InChI=1S/C27H40N4O5/c1-27(2,3)36-26(34)29-15-7-20-5-6-23(19-21(20)8-16-29)31-18-17-30(25(31)33)22-9-12-28(13-10-22)14-11-24(32)35-4/h5-6,19,22H,7-18H2,1-4H3. The number of carbonyl (C=O) groups excluding carboxylic acids is 3. The zero-order valence-corrected chi connectivity index (χ0v) is 22.1. The topological polar surface area (TPSA) is 82.6 Å². The summed E-state index contributed by atoms with van der Waals surface area (Å²) in [5.74, 6) is -0.180. The molecule has 198 valence electrons. The van der Waals surface area contributed by atoms with Gasteiger partial charge in [-0.05, 0) is 69.7 Å². The number of amides is 3. The average molecular weight is 501 g/mol. The Morgan fingerprint density at radius 1 is 0.972 bits per heavy atom. The summed E-state index contributed by atoms with van der Waals surface area (Å²) in [7, 11) is 1.42. The van der Waals surface area contributed by atoms with E-state index in [2.05, 4.69) is 17.0 Å². The first-order valence-corrected chi connectivity index (χ1v) is 13.1. The van der Waals surface area contributed by atoms with Crippen molar-refractivity contribution in [2.45, 2.75) is 64.5 Å². The summed E-state index contributed by atoms with van der Waals surface area (Å²) in [6.07, 6.45) is 3.52. The zero-order valence-electron chi connectivity index (χ0n) is 22.1. The predicted molar refractivity (Wildman–Crippen MR) is 137 cm³/mol. The van der Waals surface area contributed by atoms with E-state index < -0.39 is 5.60 Å². The Hall–Kier alpha value is -2.81. The highest BCUT2D eigenvalue weighted by Gasteiger charge is 2.36. The minimum Gasteiger partial charge on any atom is -0.469 e. The Labute approximate surface area is 214 Å². The number of methoxy groups -OCH3 is 1. The molecule has 0 unspecified atom stereocenters. The molecule has 9 heteroatoms. The van der Waals surface area contributed by atoms with Gasteiger partial charge in [0, 0.05) is 57.5 Å². The zero-order chi connectivity index (χ0) is 25.9. The van der Waals surface area contributed by atoms with E-state index in [1.807, 2.05) is 36.6 Å². The lowest BCUT2D eigenvalue weighted by Gasteiger charge is -2.36. The van der Waals surface area contributed by atoms with Crippen LogP contribution in [-0.2, 0) is 27.1 Å². The summed E-state index contributed by atoms with van der Waals surface area (Å²) in [6.45, 7) is 10.8. The highest BCUT2D eigenvalue weighted by molar-refractivity contribution is 5.94. The normalized spacial score (nSPS) is 19.8. The summed E-state index contributed by atoms with van der Waals surface area (Å²) in [4.78, 5) is 45.3. The van der Waals surface area contributed by atoms with Gasteiger partial charge in [0.25, 0.3) is 0 Å². The molecule has 36 heavy (non-hydrogen) atoms. The van der Waals surface area contributed by atoms with E-state index in [0.717, 1.165) is 51.0 Å². The van der Waals surface area contributed by atoms with E-state index in [9.17, 15) is 14.4 Å². The highest BCUT2D eigenvalue weighted by atomic mass is 16.6. The number of esters is 1. The lowest BCUT2D eigenvalue weighted by molar-refractivity contribution is -0.141. The van der Waals surface area contributed by atoms with Crippen LogP contribution in [0.25, 0.3) is 0 Å². The van der Waals surface area contributed by atoms with Gasteiger partial charge in [0.15, 0.2) is 0 Å². The van der Waals surface area contributed by atoms with Crippen LogP contribution in [0.3, 0.4) is 0 Å². The third kappa shape index (κ3) is 6.30. The molecule has 1 aromatic rings. The van der Waals surface area contributed by atoms with E-state index in [4.69, 9.17) is 9.47 Å². The van der Waals surface area contributed by atoms with Crippen molar-refractivity contribution < 1.29 is 23.9 Å². The molecule has 3 heterocycles. The fourth-order valence-corrected chi connectivity index (χ4v) is 5.33. The Bertz CT molecular complexity index is 967. The maximum Gasteiger partial charge on any atom is 0.410 e. The SMILES string of the molecule is COC(=O)CCN1CCC(N2CCN(c3ccc4c(c3)CCN(C(=O)OC(C)(C)C)CC4)C2=O)CC1. The third-order valence-corrected chi connectivity index (χ3v) is 7.35. The van der Waals surface area contributed by atoms with Crippen LogP contribution in [0.2, 0.25) is 0 Å². The molecule has 0 radical (unpaired) electrons. The molecule has 0 saturated carbocycles. The Balaban J connectivity index is 1.33. The number of carbonyl (C=O) groups is 3. The highest BCUT2D eigenvalue weighted by Crippen LogP contribution is 2.29. The number of hydrogen-bond acceptors (Lipinski definition) is 6. The number of likely N-dealkylation sites (tertiary alicyclic amines) is 1. The minimum atomic E-state index is -0.509. The molecular formula is C27H40N4O5. The fraction of sp³-hybridized carbons (Fsp3) is 0.667. The van der Waals surface area contributed by atoms with Gasteiger partial charge < -0.3 is 24.2 Å². The molecule has 0 aliphatic carbocycles. The second-order valence-electron chi connectivity index (χ2n) is 10.9. The third-order valence-electron chi connectivity index (χ3n) is 7.35. The number of hydrogen-bond donors (Lipinski definition) is 0. The first kappa shape index (κ1) is 26.3. The van der Waals surface area contributed by atoms with Gasteiger partial charge in [-0.15, -0.1) is 0 Å². The number of benzene rings is 1. The van der Waals surface area contributed by atoms with Crippen molar-refractivity contribution >= 4 is 23.8 Å². The van der Waals surface area contributed by atoms with Crippen LogP contribution in [0.5, 0.6) is 0 Å². The Morgan fingerprint density at radius 2 is 1.67 bits per heavy atom. The quantitative estimate of drug-likeness (QED) is 0.577. The van der Waals surface area contributed by atoms with Crippen molar-refractivity contribution in [2.75, 3.05) is 57.8 Å². The van der Waals surface area contributed by atoms with Crippen LogP contribution < -0.4 is 4.90 Å². The van der Waals surface area contributed by atoms with Gasteiger partial charge in [-0.3, -0.25) is 9.69 Å². The van der Waals surface area contributed by atoms with E-state index in [-0.39, 0.29) is 24.1 Å². The lowest BCUT2D eigenvalue weighted by atomic mass is 10.0. The van der Waals surface area contributed by atoms with Crippen molar-refractivity contribution in [1.29, 1.82) is 0 Å². The van der Waals surface area contributed by atoms with Gasteiger partial charge in [-0.25, -0.2) is 9.59 Å². The molecule has 0 aromatic heterocycles. The smallest absolute Gasteiger partial charge is 0.410 e. The largest absolute Gasteiger partial charge is 0.469 e. The van der Waals surface area contributed by atoms with Gasteiger partial charge in [-0.1, -0.05) is 6.07 Å². The van der Waals surface area contributed by atoms with Gasteiger partial charge in [0.05, 0.1) is 13.5 Å². The fourth-order valence-electron chi connectivity index (χ4n) is 5.33. The molecule has 0 bridgehead atoms. The Kier molecular flexibility index (Phi) is 8.07. The van der Waals surface area contributed by atoms with Gasteiger partial charge in [-0.2, -0.15) is 0 Å². The van der Waals surface area contributed by atoms with Crippen LogP contribution in [0.15, 0.2) is 18.2 Å². The number of rotatable bonds is 5. The molecule has 0 N–H and O–H groups in total. The maximum atomic E-state index is 13.4. The van der Waals surface area contributed by atoms with Crippen molar-refractivity contribution in [3.8, 4) is 0 Å². The number of nitrogens with zero attached hydrogens (tertiary/aromatic N) is 4. The van der Waals surface area contributed by atoms with Crippen LogP contribution in [0, 0.1) is 0 Å². The summed E-state index contributed by atoms with van der Waals surface area (Å²) < 4.78 is 10.3. The summed E-state index contributed by atoms with van der Waals surface area (Å²) in [6, 6.07) is 6.59. The molecule has 9 nitrogen and oxygen atoms in total. The van der Waals surface area contributed by atoms with E-state index in [0.29, 0.717) is 32.6 Å². The molecular weight excluding hydrogens is 460 g/mol. The maximum absolute atomic E-state index is 13.4. The number of ether oxygens (including phenoxy) is 2. The monoisotopic (exact) mass is 500 g/mol. The van der Waals surface area contributed by atoms with Crippen molar-refractivity contribution in [1.82, 2.24) is 14.7 Å². The molecule has 0 spiro atoms. The molecule has 2 saturated heterocycles. The summed E-state index contributed by atoms with van der Waals surface area (Å²) in [5, 5.41) is 0. The molecule has 0 atom stereocenters. The summed E-state index contributed by atoms with van der Waals surface area (Å²) in [5.41, 5.74) is 2.85. The first-order valence-electron chi connectivity index (χ1n) is 13.1. The van der Waals surface area contributed by atoms with Gasteiger partial charge in [0.1, 0.15) is 5.60 Å². The number of urea groups is 1. The molecule has 1 aromatic carbocycles.